The topological polar surface area (TPSA) is 20.3 Å². The molecule has 0 radical (unpaired) electrons. The van der Waals surface area contributed by atoms with Crippen LogP contribution >= 0.6 is 0 Å². The summed E-state index contributed by atoms with van der Waals surface area (Å²) >= 11 is 0. The van der Waals surface area contributed by atoms with E-state index < -0.39 is 0 Å². The van der Waals surface area contributed by atoms with Crippen LogP contribution in [0, 0.1) is 0 Å². The van der Waals surface area contributed by atoms with Gasteiger partial charge in [0, 0.05) is 29.0 Å². The monoisotopic (exact) mass is 405 g/mol. The van der Waals surface area contributed by atoms with Gasteiger partial charge < -0.3 is 4.90 Å². The van der Waals surface area contributed by atoms with Crippen molar-refractivity contribution in [3.63, 3.8) is 0 Å². The molecule has 0 bridgehead atoms. The molecular formula is C29H27NO. The molecule has 4 aromatic carbocycles. The SMILES string of the molecule is CCCCC(=O)c1ccc(-c2ccc(N(c3ccccc3)c3ccccc3)cc2)cc1. The van der Waals surface area contributed by atoms with E-state index in [9.17, 15) is 4.79 Å². The van der Waals surface area contributed by atoms with E-state index in [1.165, 1.54) is 0 Å². The summed E-state index contributed by atoms with van der Waals surface area (Å²) in [6.07, 6.45) is 2.61. The normalized spacial score (nSPS) is 10.6. The Labute approximate surface area is 184 Å². The molecule has 2 heteroatoms. The van der Waals surface area contributed by atoms with E-state index in [0.717, 1.165) is 46.6 Å². The van der Waals surface area contributed by atoms with E-state index in [2.05, 4.69) is 84.6 Å². The number of carbonyl (C=O) groups excluding carboxylic acids is 1. The molecule has 0 aliphatic heterocycles. The van der Waals surface area contributed by atoms with E-state index in [4.69, 9.17) is 0 Å². The molecule has 0 N–H and O–H groups in total. The quantitative estimate of drug-likeness (QED) is 0.275. The smallest absolute Gasteiger partial charge is 0.162 e. The third-order valence-electron chi connectivity index (χ3n) is 5.45. The van der Waals surface area contributed by atoms with Gasteiger partial charge in [-0.2, -0.15) is 0 Å². The Balaban J connectivity index is 1.60. The summed E-state index contributed by atoms with van der Waals surface area (Å²) in [7, 11) is 0. The van der Waals surface area contributed by atoms with Gasteiger partial charge in [0.05, 0.1) is 0 Å². The summed E-state index contributed by atoms with van der Waals surface area (Å²) in [6, 6.07) is 37.3. The van der Waals surface area contributed by atoms with Crippen molar-refractivity contribution < 1.29 is 4.79 Å². The fourth-order valence-electron chi connectivity index (χ4n) is 3.73. The summed E-state index contributed by atoms with van der Waals surface area (Å²) in [4.78, 5) is 14.5. The molecule has 0 saturated carbocycles. The lowest BCUT2D eigenvalue weighted by Crippen LogP contribution is -2.09. The van der Waals surface area contributed by atoms with Crippen molar-refractivity contribution in [2.75, 3.05) is 4.90 Å². The van der Waals surface area contributed by atoms with Crippen LogP contribution in [0.3, 0.4) is 0 Å². The highest BCUT2D eigenvalue weighted by Crippen LogP contribution is 2.35. The molecule has 0 aliphatic rings. The van der Waals surface area contributed by atoms with Crippen LogP contribution in [-0.4, -0.2) is 5.78 Å². The van der Waals surface area contributed by atoms with Crippen molar-refractivity contribution in [2.45, 2.75) is 26.2 Å². The fraction of sp³-hybridized carbons (Fsp3) is 0.138. The molecular weight excluding hydrogens is 378 g/mol. The van der Waals surface area contributed by atoms with E-state index in [1.807, 2.05) is 36.4 Å². The lowest BCUT2D eigenvalue weighted by molar-refractivity contribution is 0.0980. The summed E-state index contributed by atoms with van der Waals surface area (Å²) in [6.45, 7) is 2.11. The Morgan fingerprint density at radius 3 is 1.55 bits per heavy atom. The average Bonchev–Trinajstić information content (AvgIpc) is 2.85. The molecule has 2 nitrogen and oxygen atoms in total. The molecule has 0 aromatic heterocycles. The average molecular weight is 406 g/mol. The summed E-state index contributed by atoms with van der Waals surface area (Å²) < 4.78 is 0. The van der Waals surface area contributed by atoms with Crippen molar-refractivity contribution in [2.24, 2.45) is 0 Å². The van der Waals surface area contributed by atoms with Crippen molar-refractivity contribution in [3.05, 3.63) is 115 Å². The van der Waals surface area contributed by atoms with Crippen LogP contribution in [0.5, 0.6) is 0 Å². The van der Waals surface area contributed by atoms with Gasteiger partial charge >= 0.3 is 0 Å². The van der Waals surface area contributed by atoms with Crippen LogP contribution in [0.2, 0.25) is 0 Å². The van der Waals surface area contributed by atoms with Crippen molar-refractivity contribution in [1.29, 1.82) is 0 Å². The van der Waals surface area contributed by atoms with E-state index >= 15 is 0 Å². The number of nitrogens with zero attached hydrogens (tertiary/aromatic N) is 1. The first-order chi connectivity index (χ1) is 15.3. The van der Waals surface area contributed by atoms with Gasteiger partial charge in [0.2, 0.25) is 0 Å². The molecule has 0 unspecified atom stereocenters. The number of Topliss-reactive ketones (excluding diaryl/α,β-unsaturated/α-hetero) is 1. The number of anilines is 3. The fourth-order valence-corrected chi connectivity index (χ4v) is 3.73. The van der Waals surface area contributed by atoms with Gasteiger partial charge in [0.25, 0.3) is 0 Å². The zero-order chi connectivity index (χ0) is 21.5. The predicted molar refractivity (Wildman–Crippen MR) is 130 cm³/mol. The molecule has 0 heterocycles. The van der Waals surface area contributed by atoms with Crippen molar-refractivity contribution in [1.82, 2.24) is 0 Å². The number of rotatable bonds is 8. The number of ketones is 1. The molecule has 0 amide bonds. The Morgan fingerprint density at radius 2 is 1.06 bits per heavy atom. The largest absolute Gasteiger partial charge is 0.311 e. The Hall–Kier alpha value is -3.65. The highest BCUT2D eigenvalue weighted by Gasteiger charge is 2.12. The summed E-state index contributed by atoms with van der Waals surface area (Å²) in [5.41, 5.74) is 6.40. The maximum Gasteiger partial charge on any atom is 0.162 e. The van der Waals surface area contributed by atoms with Gasteiger partial charge in [-0.15, -0.1) is 0 Å². The Kier molecular flexibility index (Phi) is 6.59. The van der Waals surface area contributed by atoms with Crippen molar-refractivity contribution in [3.8, 4) is 11.1 Å². The molecule has 154 valence electrons. The second kappa shape index (κ2) is 9.90. The van der Waals surface area contributed by atoms with Crippen LogP contribution in [0.4, 0.5) is 17.1 Å². The lowest BCUT2D eigenvalue weighted by atomic mass is 10.00. The number of carbonyl (C=O) groups is 1. The maximum atomic E-state index is 12.2. The van der Waals surface area contributed by atoms with Gasteiger partial charge in [-0.25, -0.2) is 0 Å². The second-order valence-electron chi connectivity index (χ2n) is 7.66. The molecule has 0 atom stereocenters. The number of hydrogen-bond donors (Lipinski definition) is 0. The molecule has 0 spiro atoms. The number of para-hydroxylation sites is 2. The lowest BCUT2D eigenvalue weighted by Gasteiger charge is -2.25. The van der Waals surface area contributed by atoms with Gasteiger partial charge in [-0.3, -0.25) is 4.79 Å². The third-order valence-corrected chi connectivity index (χ3v) is 5.45. The van der Waals surface area contributed by atoms with Crippen LogP contribution in [0.15, 0.2) is 109 Å². The zero-order valence-electron chi connectivity index (χ0n) is 17.9. The highest BCUT2D eigenvalue weighted by molar-refractivity contribution is 5.96. The number of benzene rings is 4. The standard InChI is InChI=1S/C29H27NO/c1-2-3-14-29(31)25-17-15-23(16-18-25)24-19-21-28(22-20-24)30(26-10-6-4-7-11-26)27-12-8-5-9-13-27/h4-13,15-22H,2-3,14H2,1H3. The minimum Gasteiger partial charge on any atom is -0.311 e. The van der Waals surface area contributed by atoms with Gasteiger partial charge in [0.1, 0.15) is 0 Å². The van der Waals surface area contributed by atoms with Gasteiger partial charge in [-0.05, 0) is 53.9 Å². The molecule has 0 fully saturated rings. The van der Waals surface area contributed by atoms with Gasteiger partial charge in [-0.1, -0.05) is 86.1 Å². The van der Waals surface area contributed by atoms with E-state index in [0.29, 0.717) is 6.42 Å². The third kappa shape index (κ3) is 4.92. The van der Waals surface area contributed by atoms with Crippen LogP contribution in [0.1, 0.15) is 36.5 Å². The first-order valence-corrected chi connectivity index (χ1v) is 10.9. The Bertz CT molecular complexity index is 1060. The minimum atomic E-state index is 0.227. The van der Waals surface area contributed by atoms with Gasteiger partial charge in [0.15, 0.2) is 5.78 Å². The zero-order valence-corrected chi connectivity index (χ0v) is 17.9. The first kappa shape index (κ1) is 20.6. The summed E-state index contributed by atoms with van der Waals surface area (Å²) in [5.74, 6) is 0.227. The molecule has 0 saturated heterocycles. The molecule has 4 rings (SSSR count). The van der Waals surface area contributed by atoms with Crippen molar-refractivity contribution >= 4 is 22.8 Å². The molecule has 0 aliphatic carbocycles. The van der Waals surface area contributed by atoms with Crippen LogP contribution < -0.4 is 4.90 Å². The Morgan fingerprint density at radius 1 is 0.613 bits per heavy atom. The van der Waals surface area contributed by atoms with E-state index in [1.54, 1.807) is 0 Å². The molecule has 31 heavy (non-hydrogen) atoms. The number of unbranched alkanes of at least 4 members (excludes halogenated alkanes) is 1. The predicted octanol–water partition coefficient (Wildman–Crippen LogP) is 8.20. The van der Waals surface area contributed by atoms with Crippen LogP contribution in [-0.2, 0) is 0 Å². The van der Waals surface area contributed by atoms with E-state index in [-0.39, 0.29) is 5.78 Å². The molecule has 4 aromatic rings. The second-order valence-corrected chi connectivity index (χ2v) is 7.66. The first-order valence-electron chi connectivity index (χ1n) is 10.9. The highest BCUT2D eigenvalue weighted by atomic mass is 16.1. The maximum absolute atomic E-state index is 12.2. The van der Waals surface area contributed by atoms with Crippen LogP contribution in [0.25, 0.3) is 11.1 Å². The summed E-state index contributed by atoms with van der Waals surface area (Å²) in [5, 5.41) is 0. The number of hydrogen-bond acceptors (Lipinski definition) is 2. The minimum absolute atomic E-state index is 0.227.